The van der Waals surface area contributed by atoms with Gasteiger partial charge in [-0.2, -0.15) is 4.31 Å². The third-order valence-electron chi connectivity index (χ3n) is 2.69. The summed E-state index contributed by atoms with van der Waals surface area (Å²) >= 11 is 0. The van der Waals surface area contributed by atoms with Crippen molar-refractivity contribution in [2.45, 2.75) is 18.7 Å². The highest BCUT2D eigenvalue weighted by Gasteiger charge is 2.33. The van der Waals surface area contributed by atoms with Gasteiger partial charge in [-0.15, -0.1) is 0 Å². The molecule has 1 aromatic rings. The summed E-state index contributed by atoms with van der Waals surface area (Å²) in [7, 11) is -3.22. The van der Waals surface area contributed by atoms with Gasteiger partial charge in [-0.3, -0.25) is 0 Å². The zero-order valence-corrected chi connectivity index (χ0v) is 9.79. The second-order valence-corrected chi connectivity index (χ2v) is 6.18. The number of aryl methyl sites for hydroxylation is 1. The molecular formula is C11H15NO2S. The highest BCUT2D eigenvalue weighted by molar-refractivity contribution is 7.89. The summed E-state index contributed by atoms with van der Waals surface area (Å²) in [6.07, 6.45) is 0. The molecule has 0 aliphatic carbocycles. The maximum atomic E-state index is 12.0. The molecule has 0 aromatic heterocycles. The van der Waals surface area contributed by atoms with Crippen molar-refractivity contribution >= 4 is 10.0 Å². The first-order valence-electron chi connectivity index (χ1n) is 5.07. The highest BCUT2D eigenvalue weighted by Crippen LogP contribution is 2.24. The lowest BCUT2D eigenvalue weighted by Gasteiger charge is -2.35. The van der Waals surface area contributed by atoms with E-state index in [2.05, 4.69) is 6.92 Å². The molecule has 1 aliphatic heterocycles. The molecule has 1 fully saturated rings. The number of hydrogen-bond donors (Lipinski definition) is 0. The van der Waals surface area contributed by atoms with Crippen LogP contribution >= 0.6 is 0 Å². The van der Waals surface area contributed by atoms with Crippen molar-refractivity contribution in [2.75, 3.05) is 13.1 Å². The standard InChI is InChI=1S/C11H15NO2S/c1-9-3-5-11(6-4-9)15(13,14)12-7-10(2)8-12/h3-6,10H,7-8H2,1-2H3. The van der Waals surface area contributed by atoms with Crippen LogP contribution in [0, 0.1) is 12.8 Å². The second-order valence-electron chi connectivity index (χ2n) is 4.24. The Morgan fingerprint density at radius 2 is 1.73 bits per heavy atom. The van der Waals surface area contributed by atoms with Crippen molar-refractivity contribution in [3.63, 3.8) is 0 Å². The molecule has 1 heterocycles. The molecule has 1 saturated heterocycles. The topological polar surface area (TPSA) is 37.4 Å². The molecule has 82 valence electrons. The van der Waals surface area contributed by atoms with Gasteiger partial charge in [0.2, 0.25) is 10.0 Å². The van der Waals surface area contributed by atoms with E-state index in [-0.39, 0.29) is 0 Å². The Labute approximate surface area is 90.8 Å². The van der Waals surface area contributed by atoms with Gasteiger partial charge in [0.05, 0.1) is 4.90 Å². The van der Waals surface area contributed by atoms with Gasteiger partial charge in [-0.05, 0) is 25.0 Å². The Bertz CT molecular complexity index is 444. The quantitative estimate of drug-likeness (QED) is 0.767. The molecule has 0 bridgehead atoms. The third-order valence-corrected chi connectivity index (χ3v) is 4.54. The van der Waals surface area contributed by atoms with E-state index < -0.39 is 10.0 Å². The molecule has 4 heteroatoms. The van der Waals surface area contributed by atoms with Crippen molar-refractivity contribution in [3.8, 4) is 0 Å². The molecule has 0 unspecified atom stereocenters. The molecule has 0 spiro atoms. The average Bonchev–Trinajstić information content (AvgIpc) is 2.13. The molecule has 3 nitrogen and oxygen atoms in total. The van der Waals surface area contributed by atoms with Crippen LogP contribution in [0.2, 0.25) is 0 Å². The number of hydrogen-bond acceptors (Lipinski definition) is 2. The van der Waals surface area contributed by atoms with E-state index in [9.17, 15) is 8.42 Å². The minimum atomic E-state index is -3.22. The van der Waals surface area contributed by atoms with Gasteiger partial charge in [0, 0.05) is 13.1 Å². The van der Waals surface area contributed by atoms with Crippen molar-refractivity contribution in [1.29, 1.82) is 0 Å². The lowest BCUT2D eigenvalue weighted by molar-refractivity contribution is 0.218. The number of rotatable bonds is 2. The zero-order valence-electron chi connectivity index (χ0n) is 8.97. The second kappa shape index (κ2) is 3.61. The Kier molecular flexibility index (Phi) is 2.56. The van der Waals surface area contributed by atoms with Crippen LogP contribution in [0.25, 0.3) is 0 Å². The number of sulfonamides is 1. The minimum Gasteiger partial charge on any atom is -0.207 e. The molecule has 0 saturated carbocycles. The summed E-state index contributed by atoms with van der Waals surface area (Å²) in [5, 5.41) is 0. The molecule has 0 radical (unpaired) electrons. The Morgan fingerprint density at radius 1 is 1.20 bits per heavy atom. The summed E-state index contributed by atoms with van der Waals surface area (Å²) < 4.78 is 25.5. The lowest BCUT2D eigenvalue weighted by Crippen LogP contribution is -2.48. The summed E-state index contributed by atoms with van der Waals surface area (Å²) in [6, 6.07) is 7.01. The number of benzene rings is 1. The van der Waals surface area contributed by atoms with Crippen LogP contribution in [0.5, 0.6) is 0 Å². The van der Waals surface area contributed by atoms with Crippen LogP contribution in [-0.4, -0.2) is 25.8 Å². The normalized spacial score (nSPS) is 18.8. The first-order valence-corrected chi connectivity index (χ1v) is 6.51. The van der Waals surface area contributed by atoms with Crippen LogP contribution < -0.4 is 0 Å². The largest absolute Gasteiger partial charge is 0.243 e. The fourth-order valence-corrected chi connectivity index (χ4v) is 3.38. The SMILES string of the molecule is Cc1ccc(S(=O)(=O)N2CC(C)C2)cc1. The summed E-state index contributed by atoms with van der Waals surface area (Å²) in [6.45, 7) is 5.30. The molecule has 0 N–H and O–H groups in total. The molecule has 1 aliphatic rings. The van der Waals surface area contributed by atoms with E-state index in [1.165, 1.54) is 4.31 Å². The van der Waals surface area contributed by atoms with Crippen molar-refractivity contribution in [1.82, 2.24) is 4.31 Å². The Hall–Kier alpha value is -0.870. The van der Waals surface area contributed by atoms with Gasteiger partial charge in [0.15, 0.2) is 0 Å². The smallest absolute Gasteiger partial charge is 0.207 e. The summed E-state index contributed by atoms with van der Waals surface area (Å²) in [4.78, 5) is 0.403. The average molecular weight is 225 g/mol. The van der Waals surface area contributed by atoms with Gasteiger partial charge in [-0.1, -0.05) is 24.6 Å². The van der Waals surface area contributed by atoms with Crippen LogP contribution in [0.4, 0.5) is 0 Å². The molecule has 2 rings (SSSR count). The van der Waals surface area contributed by atoms with E-state index in [0.29, 0.717) is 23.9 Å². The minimum absolute atomic E-state index is 0.403. The molecule has 15 heavy (non-hydrogen) atoms. The van der Waals surface area contributed by atoms with E-state index in [4.69, 9.17) is 0 Å². The fourth-order valence-electron chi connectivity index (χ4n) is 1.70. The molecule has 0 amide bonds. The van der Waals surface area contributed by atoms with Crippen molar-refractivity contribution in [2.24, 2.45) is 5.92 Å². The summed E-state index contributed by atoms with van der Waals surface area (Å²) in [5.74, 6) is 0.491. The van der Waals surface area contributed by atoms with Gasteiger partial charge in [-0.25, -0.2) is 8.42 Å². The predicted octanol–water partition coefficient (Wildman–Crippen LogP) is 1.64. The van der Waals surface area contributed by atoms with Crippen LogP contribution in [0.15, 0.2) is 29.2 Å². The van der Waals surface area contributed by atoms with Crippen molar-refractivity contribution in [3.05, 3.63) is 29.8 Å². The van der Waals surface area contributed by atoms with E-state index >= 15 is 0 Å². The Balaban J connectivity index is 2.26. The van der Waals surface area contributed by atoms with Crippen LogP contribution in [-0.2, 0) is 10.0 Å². The predicted molar refractivity (Wildman–Crippen MR) is 59.1 cm³/mol. The Morgan fingerprint density at radius 3 is 2.20 bits per heavy atom. The van der Waals surface area contributed by atoms with Gasteiger partial charge >= 0.3 is 0 Å². The molecule has 0 atom stereocenters. The number of nitrogens with zero attached hydrogens (tertiary/aromatic N) is 1. The van der Waals surface area contributed by atoms with Gasteiger partial charge in [0.1, 0.15) is 0 Å². The first kappa shape index (κ1) is 10.6. The van der Waals surface area contributed by atoms with Crippen molar-refractivity contribution < 1.29 is 8.42 Å². The fraction of sp³-hybridized carbons (Fsp3) is 0.455. The lowest BCUT2D eigenvalue weighted by atomic mass is 10.1. The third kappa shape index (κ3) is 1.92. The monoisotopic (exact) mass is 225 g/mol. The first-order chi connectivity index (χ1) is 7.00. The van der Waals surface area contributed by atoms with Crippen LogP contribution in [0.3, 0.4) is 0 Å². The van der Waals surface area contributed by atoms with Gasteiger partial charge < -0.3 is 0 Å². The molecular weight excluding hydrogens is 210 g/mol. The van der Waals surface area contributed by atoms with E-state index in [1.807, 2.05) is 19.1 Å². The zero-order chi connectivity index (χ0) is 11.1. The molecule has 1 aromatic carbocycles. The highest BCUT2D eigenvalue weighted by atomic mass is 32.2. The maximum Gasteiger partial charge on any atom is 0.243 e. The van der Waals surface area contributed by atoms with Gasteiger partial charge in [0.25, 0.3) is 0 Å². The van der Waals surface area contributed by atoms with Crippen LogP contribution in [0.1, 0.15) is 12.5 Å². The van der Waals surface area contributed by atoms with E-state index in [1.54, 1.807) is 12.1 Å². The summed E-state index contributed by atoms with van der Waals surface area (Å²) in [5.41, 5.74) is 1.07. The maximum absolute atomic E-state index is 12.0. The van der Waals surface area contributed by atoms with E-state index in [0.717, 1.165) is 5.56 Å².